The minimum absolute atomic E-state index is 0.324. The van der Waals surface area contributed by atoms with Gasteiger partial charge in [0.2, 0.25) is 0 Å². The van der Waals surface area contributed by atoms with Crippen LogP contribution in [0.2, 0.25) is 10.0 Å². The fraction of sp³-hybridized carbons (Fsp3) is 0.545. The van der Waals surface area contributed by atoms with Gasteiger partial charge in [-0.1, -0.05) is 23.2 Å². The van der Waals surface area contributed by atoms with Gasteiger partial charge in [-0.2, -0.15) is 0 Å². The number of rotatable bonds is 4. The topological polar surface area (TPSA) is 66.4 Å². The lowest BCUT2D eigenvalue weighted by atomic mass is 10.0. The molecule has 2 heterocycles. The molecule has 0 amide bonds. The molecule has 100 valence electrons. The molecule has 7 heteroatoms. The SMILES string of the molecule is CNc1nc(NCC2(O)CCOC2)c(Cl)cc1Cl. The van der Waals surface area contributed by atoms with E-state index in [-0.39, 0.29) is 0 Å². The van der Waals surface area contributed by atoms with Crippen molar-refractivity contribution >= 4 is 34.8 Å². The summed E-state index contributed by atoms with van der Waals surface area (Å²) in [7, 11) is 1.73. The van der Waals surface area contributed by atoms with Gasteiger partial charge >= 0.3 is 0 Å². The Morgan fingerprint density at radius 3 is 2.78 bits per heavy atom. The van der Waals surface area contributed by atoms with E-state index in [0.717, 1.165) is 0 Å². The number of hydrogen-bond acceptors (Lipinski definition) is 5. The second-order valence-corrected chi connectivity index (χ2v) is 5.09. The smallest absolute Gasteiger partial charge is 0.147 e. The van der Waals surface area contributed by atoms with Crippen molar-refractivity contribution in [1.82, 2.24) is 4.98 Å². The fourth-order valence-corrected chi connectivity index (χ4v) is 2.27. The Balaban J connectivity index is 2.09. The monoisotopic (exact) mass is 291 g/mol. The van der Waals surface area contributed by atoms with E-state index >= 15 is 0 Å². The summed E-state index contributed by atoms with van der Waals surface area (Å²) in [5.41, 5.74) is -0.857. The molecule has 1 aliphatic rings. The molecule has 1 saturated heterocycles. The lowest BCUT2D eigenvalue weighted by molar-refractivity contribution is 0.0381. The number of nitrogens with zero attached hydrogens (tertiary/aromatic N) is 1. The first-order chi connectivity index (χ1) is 8.54. The molecular formula is C11H15Cl2N3O2. The molecule has 0 bridgehead atoms. The van der Waals surface area contributed by atoms with Crippen molar-refractivity contribution in [1.29, 1.82) is 0 Å². The van der Waals surface area contributed by atoms with Gasteiger partial charge < -0.3 is 20.5 Å². The van der Waals surface area contributed by atoms with Crippen molar-refractivity contribution in [2.24, 2.45) is 0 Å². The summed E-state index contributed by atoms with van der Waals surface area (Å²) in [6.07, 6.45) is 0.601. The average Bonchev–Trinajstić information content (AvgIpc) is 2.76. The van der Waals surface area contributed by atoms with Crippen LogP contribution < -0.4 is 10.6 Å². The van der Waals surface area contributed by atoms with Gasteiger partial charge in [-0.25, -0.2) is 4.98 Å². The van der Waals surface area contributed by atoms with Crippen LogP contribution in [0.25, 0.3) is 0 Å². The molecule has 1 fully saturated rings. The van der Waals surface area contributed by atoms with Crippen LogP contribution in [0.15, 0.2) is 6.07 Å². The fourth-order valence-electron chi connectivity index (χ4n) is 1.75. The van der Waals surface area contributed by atoms with E-state index in [1.807, 2.05) is 0 Å². The average molecular weight is 292 g/mol. The van der Waals surface area contributed by atoms with Crippen LogP contribution in [0.4, 0.5) is 11.6 Å². The third kappa shape index (κ3) is 2.98. The van der Waals surface area contributed by atoms with E-state index in [4.69, 9.17) is 27.9 Å². The van der Waals surface area contributed by atoms with E-state index in [0.29, 0.717) is 47.9 Å². The maximum Gasteiger partial charge on any atom is 0.147 e. The van der Waals surface area contributed by atoms with Crippen LogP contribution in [0.5, 0.6) is 0 Å². The normalized spacial score (nSPS) is 23.1. The number of hydrogen-bond donors (Lipinski definition) is 3. The minimum Gasteiger partial charge on any atom is -0.386 e. The largest absolute Gasteiger partial charge is 0.386 e. The second-order valence-electron chi connectivity index (χ2n) is 4.28. The van der Waals surface area contributed by atoms with E-state index < -0.39 is 5.60 Å². The summed E-state index contributed by atoms with van der Waals surface area (Å²) in [5.74, 6) is 1.03. The Bertz CT molecular complexity index is 437. The molecule has 2 rings (SSSR count). The van der Waals surface area contributed by atoms with Crippen molar-refractivity contribution in [3.8, 4) is 0 Å². The molecule has 5 nitrogen and oxygen atoms in total. The highest BCUT2D eigenvalue weighted by molar-refractivity contribution is 6.37. The molecular weight excluding hydrogens is 277 g/mol. The molecule has 0 aliphatic carbocycles. The standard InChI is InChI=1S/C11H15Cl2N3O2/c1-14-9-7(12)4-8(13)10(16-9)15-5-11(17)2-3-18-6-11/h4,17H,2-3,5-6H2,1H3,(H2,14,15,16). The third-order valence-corrected chi connectivity index (χ3v) is 3.41. The summed E-state index contributed by atoms with van der Waals surface area (Å²) in [6.45, 7) is 1.23. The number of aliphatic hydroxyl groups is 1. The summed E-state index contributed by atoms with van der Waals surface area (Å²) in [5, 5.41) is 16.9. The maximum atomic E-state index is 10.1. The van der Waals surface area contributed by atoms with E-state index in [1.165, 1.54) is 0 Å². The van der Waals surface area contributed by atoms with Gasteiger partial charge in [-0.05, 0) is 6.07 Å². The second kappa shape index (κ2) is 5.48. The zero-order valence-corrected chi connectivity index (χ0v) is 11.5. The van der Waals surface area contributed by atoms with Crippen molar-refractivity contribution in [3.05, 3.63) is 16.1 Å². The maximum absolute atomic E-state index is 10.1. The Kier molecular flexibility index (Phi) is 4.17. The molecule has 3 N–H and O–H groups in total. The lowest BCUT2D eigenvalue weighted by Gasteiger charge is -2.21. The zero-order valence-electron chi connectivity index (χ0n) is 9.96. The molecule has 1 aliphatic heterocycles. The van der Waals surface area contributed by atoms with Crippen LogP contribution in [0.3, 0.4) is 0 Å². The summed E-state index contributed by atoms with van der Waals surface area (Å²) in [6, 6.07) is 1.61. The predicted molar refractivity (Wildman–Crippen MR) is 72.7 cm³/mol. The zero-order chi connectivity index (χ0) is 13.2. The van der Waals surface area contributed by atoms with Crippen molar-refractivity contribution in [2.45, 2.75) is 12.0 Å². The Hall–Kier alpha value is -0.750. The highest BCUT2D eigenvalue weighted by atomic mass is 35.5. The van der Waals surface area contributed by atoms with Crippen molar-refractivity contribution < 1.29 is 9.84 Å². The molecule has 1 aromatic rings. The van der Waals surface area contributed by atoms with Gasteiger partial charge in [-0.15, -0.1) is 0 Å². The highest BCUT2D eigenvalue weighted by Gasteiger charge is 2.32. The summed E-state index contributed by atoms with van der Waals surface area (Å²) in [4.78, 5) is 4.24. The Labute approximate surface area is 115 Å². The Morgan fingerprint density at radius 1 is 1.44 bits per heavy atom. The van der Waals surface area contributed by atoms with Gasteiger partial charge in [0.25, 0.3) is 0 Å². The number of halogens is 2. The first-order valence-corrected chi connectivity index (χ1v) is 6.37. The number of nitrogens with one attached hydrogen (secondary N) is 2. The Morgan fingerprint density at radius 2 is 2.17 bits per heavy atom. The first-order valence-electron chi connectivity index (χ1n) is 5.62. The van der Waals surface area contributed by atoms with Crippen molar-refractivity contribution in [2.75, 3.05) is 37.4 Å². The summed E-state index contributed by atoms with van der Waals surface area (Å²) < 4.78 is 5.17. The molecule has 1 aromatic heterocycles. The number of aromatic nitrogens is 1. The number of ether oxygens (including phenoxy) is 1. The van der Waals surface area contributed by atoms with Gasteiger partial charge in [0.15, 0.2) is 0 Å². The quantitative estimate of drug-likeness (QED) is 0.792. The van der Waals surface area contributed by atoms with Crippen molar-refractivity contribution in [3.63, 3.8) is 0 Å². The van der Waals surface area contributed by atoms with Crippen LogP contribution in [-0.2, 0) is 4.74 Å². The highest BCUT2D eigenvalue weighted by Crippen LogP contribution is 2.29. The van der Waals surface area contributed by atoms with Crippen LogP contribution >= 0.6 is 23.2 Å². The molecule has 0 radical (unpaired) electrons. The van der Waals surface area contributed by atoms with Crippen LogP contribution in [0.1, 0.15) is 6.42 Å². The number of anilines is 2. The minimum atomic E-state index is -0.857. The lowest BCUT2D eigenvalue weighted by Crippen LogP contribution is -2.37. The van der Waals surface area contributed by atoms with E-state index in [9.17, 15) is 5.11 Å². The van der Waals surface area contributed by atoms with Gasteiger partial charge in [0.05, 0.1) is 16.7 Å². The van der Waals surface area contributed by atoms with Gasteiger partial charge in [0.1, 0.15) is 17.2 Å². The van der Waals surface area contributed by atoms with E-state index in [1.54, 1.807) is 13.1 Å². The molecule has 0 spiro atoms. The molecule has 1 unspecified atom stereocenters. The predicted octanol–water partition coefficient (Wildman–Crippen LogP) is 1.99. The third-order valence-electron chi connectivity index (χ3n) is 2.83. The molecule has 1 atom stereocenters. The van der Waals surface area contributed by atoms with E-state index in [2.05, 4.69) is 15.6 Å². The van der Waals surface area contributed by atoms with Gasteiger partial charge in [0, 0.05) is 26.6 Å². The summed E-state index contributed by atoms with van der Waals surface area (Å²) >= 11 is 12.0. The molecule has 18 heavy (non-hydrogen) atoms. The number of pyridine rings is 1. The van der Waals surface area contributed by atoms with Crippen LogP contribution in [-0.4, -0.2) is 42.5 Å². The van der Waals surface area contributed by atoms with Gasteiger partial charge in [-0.3, -0.25) is 0 Å². The molecule has 0 saturated carbocycles. The van der Waals surface area contributed by atoms with Crippen LogP contribution in [0, 0.1) is 0 Å². The molecule has 0 aromatic carbocycles. The first kappa shape index (κ1) is 13.7.